The molecule has 3 aromatic heterocycles. The summed E-state index contributed by atoms with van der Waals surface area (Å²) in [7, 11) is 0. The highest BCUT2D eigenvalue weighted by atomic mass is 19.4. The topological polar surface area (TPSA) is 86.3 Å². The van der Waals surface area contributed by atoms with Crippen LogP contribution in [0.4, 0.5) is 19.0 Å². The molecule has 1 aliphatic heterocycles. The Labute approximate surface area is 181 Å². The minimum absolute atomic E-state index is 0.0998. The number of anilines is 1. The average molecular weight is 440 g/mol. The minimum Gasteiger partial charge on any atom is -0.358 e. The highest BCUT2D eigenvalue weighted by Crippen LogP contribution is 2.36. The molecule has 0 aliphatic carbocycles. The summed E-state index contributed by atoms with van der Waals surface area (Å²) in [4.78, 5) is 13.4. The number of nitrogens with zero attached hydrogens (tertiary/aromatic N) is 7. The van der Waals surface area contributed by atoms with Crippen LogP contribution in [0.2, 0.25) is 0 Å². The molecule has 0 radical (unpaired) electrons. The number of rotatable bonds is 3. The highest BCUT2D eigenvalue weighted by molar-refractivity contribution is 5.62. The van der Waals surface area contributed by atoms with E-state index in [9.17, 15) is 13.2 Å². The van der Waals surface area contributed by atoms with Crippen LogP contribution in [0, 0.1) is 12.8 Å². The summed E-state index contributed by atoms with van der Waals surface area (Å²) in [6, 6.07) is 4.93. The molecule has 0 spiro atoms. The SMILES string of the molecule is Cc1nnc2n1-c1cnc(-n3ccnc3-c3cccc(C(F)(F)F)c3)nc1NC2C(C)C. The summed E-state index contributed by atoms with van der Waals surface area (Å²) >= 11 is 0. The Morgan fingerprint density at radius 1 is 1.12 bits per heavy atom. The monoisotopic (exact) mass is 440 g/mol. The van der Waals surface area contributed by atoms with E-state index in [4.69, 9.17) is 0 Å². The van der Waals surface area contributed by atoms with Gasteiger partial charge >= 0.3 is 6.18 Å². The molecular weight excluding hydrogens is 421 g/mol. The molecule has 8 nitrogen and oxygen atoms in total. The fraction of sp³-hybridized carbons (Fsp3) is 0.286. The van der Waals surface area contributed by atoms with Crippen molar-refractivity contribution in [1.29, 1.82) is 0 Å². The molecular formula is C21H19F3N8. The van der Waals surface area contributed by atoms with Gasteiger partial charge in [-0.15, -0.1) is 10.2 Å². The van der Waals surface area contributed by atoms with Crippen LogP contribution >= 0.6 is 0 Å². The molecule has 0 amide bonds. The molecule has 11 heteroatoms. The second-order valence-electron chi connectivity index (χ2n) is 7.91. The predicted octanol–water partition coefficient (Wildman–Crippen LogP) is 4.36. The third kappa shape index (κ3) is 3.20. The van der Waals surface area contributed by atoms with Gasteiger partial charge in [-0.3, -0.25) is 9.13 Å². The Bertz CT molecular complexity index is 1300. The normalized spacial score (nSPS) is 15.4. The average Bonchev–Trinajstić information content (AvgIpc) is 3.39. The Morgan fingerprint density at radius 3 is 2.69 bits per heavy atom. The lowest BCUT2D eigenvalue weighted by Crippen LogP contribution is -2.28. The van der Waals surface area contributed by atoms with Crippen LogP contribution in [0.15, 0.2) is 42.9 Å². The van der Waals surface area contributed by atoms with Gasteiger partial charge in [0.05, 0.1) is 17.8 Å². The zero-order chi connectivity index (χ0) is 22.6. The van der Waals surface area contributed by atoms with Crippen LogP contribution in [0.1, 0.15) is 37.1 Å². The van der Waals surface area contributed by atoms with Gasteiger partial charge in [0.2, 0.25) is 5.95 Å². The second-order valence-corrected chi connectivity index (χ2v) is 7.91. The van der Waals surface area contributed by atoms with E-state index in [1.807, 2.05) is 11.5 Å². The van der Waals surface area contributed by atoms with Gasteiger partial charge in [-0.25, -0.2) is 9.97 Å². The summed E-state index contributed by atoms with van der Waals surface area (Å²) in [6.45, 7) is 6.00. The lowest BCUT2D eigenvalue weighted by Gasteiger charge is -2.29. The van der Waals surface area contributed by atoms with Gasteiger partial charge in [-0.2, -0.15) is 18.2 Å². The molecule has 4 aromatic rings. The Morgan fingerprint density at radius 2 is 1.94 bits per heavy atom. The van der Waals surface area contributed by atoms with E-state index >= 15 is 0 Å². The number of aromatic nitrogens is 7. The number of alkyl halides is 3. The summed E-state index contributed by atoms with van der Waals surface area (Å²) < 4.78 is 43.0. The fourth-order valence-electron chi connectivity index (χ4n) is 3.82. The molecule has 0 fully saturated rings. The summed E-state index contributed by atoms with van der Waals surface area (Å²) in [5.41, 5.74) is 0.285. The van der Waals surface area contributed by atoms with Crippen molar-refractivity contribution >= 4 is 5.82 Å². The second kappa shape index (κ2) is 7.14. The Hall–Kier alpha value is -3.76. The molecule has 0 bridgehead atoms. The third-order valence-electron chi connectivity index (χ3n) is 5.39. The number of benzene rings is 1. The van der Waals surface area contributed by atoms with E-state index in [1.54, 1.807) is 23.0 Å². The Balaban J connectivity index is 1.60. The quantitative estimate of drug-likeness (QED) is 0.510. The van der Waals surface area contributed by atoms with Gasteiger partial charge in [-0.05, 0) is 25.0 Å². The third-order valence-corrected chi connectivity index (χ3v) is 5.39. The molecule has 0 saturated heterocycles. The van der Waals surface area contributed by atoms with Crippen LogP contribution in [-0.2, 0) is 6.18 Å². The minimum atomic E-state index is -4.44. The van der Waals surface area contributed by atoms with E-state index in [1.165, 1.54) is 12.3 Å². The standard InChI is InChI=1S/C21H19F3N8/c1-11(2)16-19-30-29-12(3)32(19)15-10-26-20(28-17(15)27-16)31-8-7-25-18(31)13-5-4-6-14(9-13)21(22,23)24/h4-11,16H,1-3H3,(H,26,27,28). The zero-order valence-electron chi connectivity index (χ0n) is 17.5. The Kier molecular flexibility index (Phi) is 4.50. The first-order valence-corrected chi connectivity index (χ1v) is 10.0. The molecule has 164 valence electrons. The van der Waals surface area contributed by atoms with Gasteiger partial charge in [0, 0.05) is 18.0 Å². The number of halogens is 3. The van der Waals surface area contributed by atoms with Gasteiger partial charge in [0.15, 0.2) is 11.6 Å². The molecule has 1 N–H and O–H groups in total. The number of hydrogen-bond acceptors (Lipinski definition) is 6. The highest BCUT2D eigenvalue weighted by Gasteiger charge is 2.32. The number of aryl methyl sites for hydroxylation is 1. The number of nitrogens with one attached hydrogen (secondary N) is 1. The molecule has 0 saturated carbocycles. The van der Waals surface area contributed by atoms with Crippen molar-refractivity contribution in [3.8, 4) is 23.0 Å². The molecule has 32 heavy (non-hydrogen) atoms. The van der Waals surface area contributed by atoms with Crippen molar-refractivity contribution in [3.63, 3.8) is 0 Å². The van der Waals surface area contributed by atoms with E-state index in [0.717, 1.165) is 23.8 Å². The summed E-state index contributed by atoms with van der Waals surface area (Å²) in [5.74, 6) is 2.92. The molecule has 5 rings (SSSR count). The van der Waals surface area contributed by atoms with E-state index in [2.05, 4.69) is 44.3 Å². The maximum absolute atomic E-state index is 13.2. The van der Waals surface area contributed by atoms with Gasteiger partial charge in [0.1, 0.15) is 17.3 Å². The van der Waals surface area contributed by atoms with Gasteiger partial charge < -0.3 is 5.32 Å². The van der Waals surface area contributed by atoms with Gasteiger partial charge in [-0.1, -0.05) is 26.0 Å². The van der Waals surface area contributed by atoms with Crippen LogP contribution in [0.5, 0.6) is 0 Å². The van der Waals surface area contributed by atoms with Crippen LogP contribution in [0.3, 0.4) is 0 Å². The van der Waals surface area contributed by atoms with Crippen molar-refractivity contribution in [3.05, 3.63) is 60.1 Å². The maximum atomic E-state index is 13.2. The number of hydrogen-bond donors (Lipinski definition) is 1. The van der Waals surface area contributed by atoms with Crippen LogP contribution in [0.25, 0.3) is 23.0 Å². The molecule has 1 aliphatic rings. The van der Waals surface area contributed by atoms with E-state index in [0.29, 0.717) is 22.9 Å². The smallest absolute Gasteiger partial charge is 0.358 e. The summed E-state index contributed by atoms with van der Waals surface area (Å²) in [5, 5.41) is 11.9. The molecule has 1 aromatic carbocycles. The van der Waals surface area contributed by atoms with E-state index < -0.39 is 11.7 Å². The number of imidazole rings is 1. The lowest BCUT2D eigenvalue weighted by molar-refractivity contribution is -0.137. The van der Waals surface area contributed by atoms with Crippen molar-refractivity contribution in [1.82, 2.24) is 34.3 Å². The van der Waals surface area contributed by atoms with Gasteiger partial charge in [0.25, 0.3) is 0 Å². The molecule has 4 heterocycles. The van der Waals surface area contributed by atoms with Crippen LogP contribution in [-0.4, -0.2) is 34.3 Å². The van der Waals surface area contributed by atoms with E-state index in [-0.39, 0.29) is 17.9 Å². The predicted molar refractivity (Wildman–Crippen MR) is 110 cm³/mol. The first-order chi connectivity index (χ1) is 15.2. The molecule has 1 atom stereocenters. The fourth-order valence-corrected chi connectivity index (χ4v) is 3.82. The van der Waals surface area contributed by atoms with Crippen LogP contribution < -0.4 is 5.32 Å². The van der Waals surface area contributed by atoms with Crippen molar-refractivity contribution in [2.24, 2.45) is 5.92 Å². The largest absolute Gasteiger partial charge is 0.416 e. The lowest BCUT2D eigenvalue weighted by atomic mass is 10.0. The summed E-state index contributed by atoms with van der Waals surface area (Å²) in [6.07, 6.45) is 0.331. The van der Waals surface area contributed by atoms with Crippen molar-refractivity contribution < 1.29 is 13.2 Å². The first-order valence-electron chi connectivity index (χ1n) is 10.0. The first kappa shape index (κ1) is 20.2. The van der Waals surface area contributed by atoms with Crippen molar-refractivity contribution in [2.75, 3.05) is 5.32 Å². The molecule has 1 unspecified atom stereocenters. The van der Waals surface area contributed by atoms with Crippen molar-refractivity contribution in [2.45, 2.75) is 33.0 Å². The zero-order valence-corrected chi connectivity index (χ0v) is 17.5. The maximum Gasteiger partial charge on any atom is 0.416 e. The number of fused-ring (bicyclic) bond motifs is 3.